The third kappa shape index (κ3) is 10.1. The van der Waals surface area contributed by atoms with Gasteiger partial charge in [0.2, 0.25) is 5.91 Å². The minimum atomic E-state index is -5.08. The largest absolute Gasteiger partial charge is 0.508 e. The Kier molecular flexibility index (Phi) is 12.7. The Morgan fingerprint density at radius 3 is 2.14 bits per heavy atom. The van der Waals surface area contributed by atoms with Crippen molar-refractivity contribution < 1.29 is 37.8 Å². The number of halogens is 3. The summed E-state index contributed by atoms with van der Waals surface area (Å²) in [6.45, 7) is 1.47. The zero-order valence-corrected chi connectivity index (χ0v) is 26.9. The molecule has 50 heavy (non-hydrogen) atoms. The van der Waals surface area contributed by atoms with Crippen molar-refractivity contribution >= 4 is 28.6 Å². The van der Waals surface area contributed by atoms with E-state index < -0.39 is 18.2 Å². The van der Waals surface area contributed by atoms with Gasteiger partial charge in [-0.1, -0.05) is 91.0 Å². The molecule has 1 unspecified atom stereocenters. The van der Waals surface area contributed by atoms with Gasteiger partial charge < -0.3 is 31.9 Å². The third-order valence-electron chi connectivity index (χ3n) is 7.72. The van der Waals surface area contributed by atoms with E-state index >= 15 is 0 Å². The molecule has 0 spiro atoms. The summed E-state index contributed by atoms with van der Waals surface area (Å²) in [6, 6.07) is 35.6. The molecule has 260 valence electrons. The lowest BCUT2D eigenvalue weighted by atomic mass is 9.97. The molecule has 5 aromatic carbocycles. The number of amides is 2. The Labute approximate surface area is 286 Å². The summed E-state index contributed by atoms with van der Waals surface area (Å²) in [5, 5.41) is 21.8. The lowest BCUT2D eigenvalue weighted by Crippen LogP contribution is -2.44. The van der Waals surface area contributed by atoms with Gasteiger partial charge in [-0.25, -0.2) is 4.79 Å². The standard InChI is InChI=1S/C36H36N4O3.C2HF3O2/c37-19-20-39-35(42)33-14-4-3-13-32(33)28-10-5-7-26(21-28)23-40(24-29-11-6-9-27-8-1-2-12-31(27)29)36(43)34(38)22-25-15-17-30(41)18-16-25;3-2(4,5)1(6)7/h1-18,21,34,41H,19-20,22-24,37-38H2,(H,39,42);(H,6,7). The highest BCUT2D eigenvalue weighted by molar-refractivity contribution is 6.01. The Bertz CT molecular complexity index is 1930. The first kappa shape index (κ1) is 37.1. The van der Waals surface area contributed by atoms with Gasteiger partial charge in [0.25, 0.3) is 5.91 Å². The number of carbonyl (C=O) groups is 3. The second-order valence-electron chi connectivity index (χ2n) is 11.4. The number of aromatic hydroxyl groups is 1. The molecule has 0 aliphatic carbocycles. The van der Waals surface area contributed by atoms with Crippen LogP contribution in [0.2, 0.25) is 0 Å². The molecule has 0 radical (unpaired) electrons. The van der Waals surface area contributed by atoms with Crippen molar-refractivity contribution in [3.8, 4) is 16.9 Å². The molecule has 7 N–H and O–H groups in total. The zero-order chi connectivity index (χ0) is 36.3. The summed E-state index contributed by atoms with van der Waals surface area (Å²) >= 11 is 0. The van der Waals surface area contributed by atoms with Crippen LogP contribution >= 0.6 is 0 Å². The van der Waals surface area contributed by atoms with Crippen LogP contribution in [0.3, 0.4) is 0 Å². The Balaban J connectivity index is 0.000000727. The number of carboxylic acids is 1. The van der Waals surface area contributed by atoms with Crippen molar-refractivity contribution in [2.45, 2.75) is 31.7 Å². The van der Waals surface area contributed by atoms with Crippen LogP contribution in [0.4, 0.5) is 13.2 Å². The Morgan fingerprint density at radius 2 is 1.44 bits per heavy atom. The van der Waals surface area contributed by atoms with Gasteiger partial charge in [-0.2, -0.15) is 13.2 Å². The normalized spacial score (nSPS) is 11.6. The number of phenolic OH excluding ortho intramolecular Hbond substituents is 1. The van der Waals surface area contributed by atoms with E-state index in [1.807, 2.05) is 66.7 Å². The Morgan fingerprint density at radius 1 is 0.800 bits per heavy atom. The van der Waals surface area contributed by atoms with Crippen LogP contribution in [0.5, 0.6) is 5.75 Å². The maximum Gasteiger partial charge on any atom is 0.490 e. The zero-order valence-electron chi connectivity index (χ0n) is 26.9. The quantitative estimate of drug-likeness (QED) is 0.120. The number of aliphatic carboxylic acids is 1. The van der Waals surface area contributed by atoms with Crippen LogP contribution in [0.25, 0.3) is 21.9 Å². The number of nitrogens with zero attached hydrogens (tertiary/aromatic N) is 1. The van der Waals surface area contributed by atoms with E-state index in [4.69, 9.17) is 21.4 Å². The highest BCUT2D eigenvalue weighted by Gasteiger charge is 2.38. The molecule has 5 aromatic rings. The van der Waals surface area contributed by atoms with Gasteiger partial charge in [0, 0.05) is 31.7 Å². The Hall–Kier alpha value is -5.72. The minimum absolute atomic E-state index is 0.166. The van der Waals surface area contributed by atoms with E-state index in [1.54, 1.807) is 35.2 Å². The summed E-state index contributed by atoms with van der Waals surface area (Å²) < 4.78 is 31.7. The van der Waals surface area contributed by atoms with Crippen LogP contribution in [0, 0.1) is 0 Å². The molecular weight excluding hydrogens is 649 g/mol. The van der Waals surface area contributed by atoms with Gasteiger partial charge in [-0.05, 0) is 69.3 Å². The molecular formula is C38H37F3N4O5. The van der Waals surface area contributed by atoms with E-state index in [0.29, 0.717) is 38.2 Å². The first-order valence-electron chi connectivity index (χ1n) is 15.6. The van der Waals surface area contributed by atoms with Gasteiger partial charge >= 0.3 is 12.1 Å². The molecule has 5 rings (SSSR count). The molecule has 0 aliphatic rings. The first-order chi connectivity index (χ1) is 23.9. The average molecular weight is 687 g/mol. The summed E-state index contributed by atoms with van der Waals surface area (Å²) in [4.78, 5) is 37.5. The maximum absolute atomic E-state index is 13.9. The number of hydrogen-bond acceptors (Lipinski definition) is 6. The van der Waals surface area contributed by atoms with Crippen LogP contribution in [-0.2, 0) is 29.1 Å². The molecule has 2 amide bonds. The molecule has 1 atom stereocenters. The van der Waals surface area contributed by atoms with Crippen molar-refractivity contribution in [3.05, 3.63) is 138 Å². The van der Waals surface area contributed by atoms with E-state index in [2.05, 4.69) is 23.5 Å². The van der Waals surface area contributed by atoms with Crippen molar-refractivity contribution in [1.29, 1.82) is 0 Å². The van der Waals surface area contributed by atoms with E-state index in [1.165, 1.54) is 0 Å². The van der Waals surface area contributed by atoms with E-state index in [-0.39, 0.29) is 17.6 Å². The lowest BCUT2D eigenvalue weighted by Gasteiger charge is -2.27. The molecule has 0 heterocycles. The minimum Gasteiger partial charge on any atom is -0.508 e. The first-order valence-corrected chi connectivity index (χ1v) is 15.6. The SMILES string of the molecule is NCCNC(=O)c1ccccc1-c1cccc(CN(Cc2cccc3ccccc23)C(=O)C(N)Cc2ccc(O)cc2)c1.O=C(O)C(F)(F)F. The maximum atomic E-state index is 13.9. The van der Waals surface area contributed by atoms with Gasteiger partial charge in [0.15, 0.2) is 0 Å². The fourth-order valence-corrected chi connectivity index (χ4v) is 5.33. The molecule has 0 saturated heterocycles. The number of nitrogens with two attached hydrogens (primary N) is 2. The number of carboxylic acid groups (broad SMARTS) is 1. The van der Waals surface area contributed by atoms with Crippen molar-refractivity contribution in [2.24, 2.45) is 11.5 Å². The number of hydrogen-bond donors (Lipinski definition) is 5. The van der Waals surface area contributed by atoms with Gasteiger partial charge in [0.05, 0.1) is 6.04 Å². The van der Waals surface area contributed by atoms with Crippen molar-refractivity contribution in [1.82, 2.24) is 10.2 Å². The van der Waals surface area contributed by atoms with Crippen LogP contribution < -0.4 is 16.8 Å². The summed E-state index contributed by atoms with van der Waals surface area (Å²) in [6.07, 6.45) is -4.74. The fraction of sp³-hybridized carbons (Fsp3) is 0.184. The molecule has 9 nitrogen and oxygen atoms in total. The molecule has 12 heteroatoms. The predicted octanol–water partition coefficient (Wildman–Crippen LogP) is 5.63. The van der Waals surface area contributed by atoms with Gasteiger partial charge in [-0.3, -0.25) is 9.59 Å². The number of carbonyl (C=O) groups excluding carboxylic acids is 2. The lowest BCUT2D eigenvalue weighted by molar-refractivity contribution is -0.192. The number of rotatable bonds is 11. The molecule has 0 fully saturated rings. The fourth-order valence-electron chi connectivity index (χ4n) is 5.33. The smallest absolute Gasteiger partial charge is 0.490 e. The monoisotopic (exact) mass is 686 g/mol. The summed E-state index contributed by atoms with van der Waals surface area (Å²) in [5.74, 6) is -2.94. The number of fused-ring (bicyclic) bond motifs is 1. The van der Waals surface area contributed by atoms with Crippen LogP contribution in [-0.4, -0.2) is 58.2 Å². The van der Waals surface area contributed by atoms with Crippen molar-refractivity contribution in [2.75, 3.05) is 13.1 Å². The third-order valence-corrected chi connectivity index (χ3v) is 7.72. The van der Waals surface area contributed by atoms with Gasteiger partial charge in [-0.15, -0.1) is 0 Å². The molecule has 0 saturated carbocycles. The highest BCUT2D eigenvalue weighted by Crippen LogP contribution is 2.27. The molecule has 0 bridgehead atoms. The number of phenols is 1. The number of alkyl halides is 3. The summed E-state index contributed by atoms with van der Waals surface area (Å²) in [7, 11) is 0. The topological polar surface area (TPSA) is 159 Å². The summed E-state index contributed by atoms with van der Waals surface area (Å²) in [5.41, 5.74) is 17.2. The van der Waals surface area contributed by atoms with Crippen LogP contribution in [0.1, 0.15) is 27.0 Å². The van der Waals surface area contributed by atoms with Crippen molar-refractivity contribution in [3.63, 3.8) is 0 Å². The second kappa shape index (κ2) is 17.1. The average Bonchev–Trinajstić information content (AvgIpc) is 3.11. The molecule has 0 aromatic heterocycles. The second-order valence-corrected chi connectivity index (χ2v) is 11.4. The van der Waals surface area contributed by atoms with E-state index in [0.717, 1.165) is 38.6 Å². The predicted molar refractivity (Wildman–Crippen MR) is 185 cm³/mol. The van der Waals surface area contributed by atoms with Gasteiger partial charge in [0.1, 0.15) is 5.75 Å². The van der Waals surface area contributed by atoms with E-state index in [9.17, 15) is 27.9 Å². The number of benzene rings is 5. The van der Waals surface area contributed by atoms with Crippen LogP contribution in [0.15, 0.2) is 115 Å². The highest BCUT2D eigenvalue weighted by atomic mass is 19.4. The molecule has 0 aliphatic heterocycles. The number of nitrogens with one attached hydrogen (secondary N) is 1.